The van der Waals surface area contributed by atoms with Crippen LogP contribution in [0.5, 0.6) is 0 Å². The van der Waals surface area contributed by atoms with Gasteiger partial charge in [-0.25, -0.2) is 9.97 Å². The number of rotatable bonds is 6. The van der Waals surface area contributed by atoms with E-state index >= 15 is 0 Å². The van der Waals surface area contributed by atoms with E-state index in [4.69, 9.17) is 5.73 Å². The third-order valence-electron chi connectivity index (χ3n) is 5.91. The number of carbonyl (C=O) groups excluding carboxylic acids is 2. The van der Waals surface area contributed by atoms with Crippen molar-refractivity contribution in [1.29, 1.82) is 0 Å². The maximum atomic E-state index is 12.8. The Kier molecular flexibility index (Phi) is 7.23. The van der Waals surface area contributed by atoms with Crippen molar-refractivity contribution in [3.63, 3.8) is 0 Å². The molecule has 1 saturated heterocycles. The number of hydrogen-bond donors (Lipinski definition) is 2. The number of halogens is 3. The number of nitrogen functional groups attached to an aromatic ring is 1. The van der Waals surface area contributed by atoms with Crippen molar-refractivity contribution in [2.75, 3.05) is 18.8 Å². The average molecular weight is 467 g/mol. The van der Waals surface area contributed by atoms with Gasteiger partial charge in [-0.3, -0.25) is 14.3 Å². The lowest BCUT2D eigenvalue weighted by Crippen LogP contribution is -2.49. The van der Waals surface area contributed by atoms with Crippen LogP contribution < -0.4 is 11.1 Å². The van der Waals surface area contributed by atoms with Crippen LogP contribution in [-0.4, -0.2) is 55.6 Å². The molecule has 2 amide bonds. The molecule has 9 nitrogen and oxygen atoms in total. The molecule has 0 spiro atoms. The summed E-state index contributed by atoms with van der Waals surface area (Å²) in [7, 11) is 1.70. The van der Waals surface area contributed by atoms with Crippen molar-refractivity contribution in [1.82, 2.24) is 30.0 Å². The zero-order valence-electron chi connectivity index (χ0n) is 18.8. The van der Waals surface area contributed by atoms with E-state index in [-0.39, 0.29) is 23.3 Å². The first-order valence-electron chi connectivity index (χ1n) is 10.7. The number of alkyl halides is 3. The van der Waals surface area contributed by atoms with E-state index in [9.17, 15) is 22.8 Å². The van der Waals surface area contributed by atoms with Gasteiger partial charge >= 0.3 is 6.18 Å². The lowest BCUT2D eigenvalue weighted by atomic mass is 9.90. The highest BCUT2D eigenvalue weighted by molar-refractivity contribution is 5.97. The van der Waals surface area contributed by atoms with Crippen LogP contribution in [0, 0.1) is 12.8 Å². The number of likely N-dealkylation sites (tertiary alicyclic amines) is 1. The molecular weight excluding hydrogens is 439 g/mol. The number of nitrogens with zero attached hydrogens (tertiary/aromatic N) is 5. The Morgan fingerprint density at radius 1 is 1.27 bits per heavy atom. The second-order valence-corrected chi connectivity index (χ2v) is 8.40. The van der Waals surface area contributed by atoms with Gasteiger partial charge in [0.2, 0.25) is 11.7 Å². The van der Waals surface area contributed by atoms with E-state index in [1.165, 1.54) is 17.8 Å². The number of aryl methyl sites for hydroxylation is 2. The van der Waals surface area contributed by atoms with Crippen molar-refractivity contribution < 1.29 is 22.8 Å². The molecule has 2 aromatic rings. The zero-order valence-corrected chi connectivity index (χ0v) is 18.8. The van der Waals surface area contributed by atoms with E-state index in [0.717, 1.165) is 19.3 Å². The van der Waals surface area contributed by atoms with E-state index in [1.807, 2.05) is 0 Å². The largest absolute Gasteiger partial charge is 0.451 e. The highest BCUT2D eigenvalue weighted by Gasteiger charge is 2.36. The fourth-order valence-electron chi connectivity index (χ4n) is 4.00. The fourth-order valence-corrected chi connectivity index (χ4v) is 4.00. The number of anilines is 1. The predicted octanol–water partition coefficient (Wildman–Crippen LogP) is 2.11. The van der Waals surface area contributed by atoms with Crippen LogP contribution >= 0.6 is 0 Å². The molecule has 0 bridgehead atoms. The maximum Gasteiger partial charge on any atom is 0.451 e. The third-order valence-corrected chi connectivity index (χ3v) is 5.91. The van der Waals surface area contributed by atoms with Crippen LogP contribution in [0.25, 0.3) is 0 Å². The molecule has 3 rings (SSSR count). The standard InChI is InChI=1S/C21H28F3N7O2/c1-12-16(17(25)29-20(28-12)21(22,23)24)5-4-14-6-8-31(9-7-14)19(33)13(2)27-18(32)15-10-26-30(3)11-15/h10-11,13-14H,4-9H2,1-3H3,(H,27,32)(H2,25,28,29). The lowest BCUT2D eigenvalue weighted by molar-refractivity contribution is -0.145. The predicted molar refractivity (Wildman–Crippen MR) is 114 cm³/mol. The number of amides is 2. The number of hydrogen-bond acceptors (Lipinski definition) is 6. The summed E-state index contributed by atoms with van der Waals surface area (Å²) in [6.07, 6.45) is 1.10. The smallest absolute Gasteiger partial charge is 0.383 e. The number of nitrogens with two attached hydrogens (primary N) is 1. The number of piperidine rings is 1. The van der Waals surface area contributed by atoms with Gasteiger partial charge in [0.1, 0.15) is 11.9 Å². The highest BCUT2D eigenvalue weighted by atomic mass is 19.4. The summed E-state index contributed by atoms with van der Waals surface area (Å²) in [5.74, 6) is -1.57. The Labute approximate surface area is 189 Å². The number of nitrogens with one attached hydrogen (secondary N) is 1. The minimum atomic E-state index is -4.63. The first-order chi connectivity index (χ1) is 15.5. The first-order valence-corrected chi connectivity index (χ1v) is 10.7. The van der Waals surface area contributed by atoms with Crippen LogP contribution in [-0.2, 0) is 24.4 Å². The van der Waals surface area contributed by atoms with Crippen LogP contribution in [0.1, 0.15) is 53.6 Å². The zero-order chi connectivity index (χ0) is 24.3. The summed E-state index contributed by atoms with van der Waals surface area (Å²) in [6, 6.07) is -0.666. The van der Waals surface area contributed by atoms with Gasteiger partial charge in [0, 0.05) is 37.6 Å². The summed E-state index contributed by atoms with van der Waals surface area (Å²) in [5, 5.41) is 6.65. The Hall–Kier alpha value is -3.18. The fraction of sp³-hybridized carbons (Fsp3) is 0.571. The normalized spacial score (nSPS) is 16.0. The van der Waals surface area contributed by atoms with E-state index in [1.54, 1.807) is 25.1 Å². The van der Waals surface area contributed by atoms with Crippen LogP contribution in [0.15, 0.2) is 12.4 Å². The van der Waals surface area contributed by atoms with Gasteiger partial charge in [-0.05, 0) is 45.4 Å². The second-order valence-electron chi connectivity index (χ2n) is 8.40. The van der Waals surface area contributed by atoms with Crippen molar-refractivity contribution in [3.8, 4) is 0 Å². The third kappa shape index (κ3) is 5.99. The summed E-state index contributed by atoms with van der Waals surface area (Å²) in [4.78, 5) is 33.7. The van der Waals surface area contributed by atoms with Gasteiger partial charge in [-0.1, -0.05) is 0 Å². The average Bonchev–Trinajstić information content (AvgIpc) is 3.18. The molecule has 0 radical (unpaired) electrons. The van der Waals surface area contributed by atoms with E-state index < -0.39 is 18.0 Å². The number of aromatic nitrogens is 4. The van der Waals surface area contributed by atoms with E-state index in [2.05, 4.69) is 20.4 Å². The molecule has 12 heteroatoms. The molecule has 180 valence electrons. The summed E-state index contributed by atoms with van der Waals surface area (Å²) >= 11 is 0. The molecule has 33 heavy (non-hydrogen) atoms. The van der Waals surface area contributed by atoms with Crippen molar-refractivity contribution >= 4 is 17.6 Å². The molecule has 1 aliphatic rings. The molecule has 1 aliphatic heterocycles. The summed E-state index contributed by atoms with van der Waals surface area (Å²) in [6.45, 7) is 4.26. The molecule has 1 unspecified atom stereocenters. The van der Waals surface area contributed by atoms with Crippen LogP contribution in [0.2, 0.25) is 0 Å². The highest BCUT2D eigenvalue weighted by Crippen LogP contribution is 2.30. The molecule has 0 aliphatic carbocycles. The molecule has 1 fully saturated rings. The Balaban J connectivity index is 1.49. The number of carbonyl (C=O) groups is 2. The lowest BCUT2D eigenvalue weighted by Gasteiger charge is -2.33. The molecule has 1 atom stereocenters. The Morgan fingerprint density at radius 3 is 2.48 bits per heavy atom. The molecule has 0 aromatic carbocycles. The summed E-state index contributed by atoms with van der Waals surface area (Å²) < 4.78 is 40.0. The molecule has 3 heterocycles. The van der Waals surface area contributed by atoms with Crippen molar-refractivity contribution in [2.24, 2.45) is 13.0 Å². The topological polar surface area (TPSA) is 119 Å². The maximum absolute atomic E-state index is 12.8. The van der Waals surface area contributed by atoms with Crippen molar-refractivity contribution in [3.05, 3.63) is 35.0 Å². The first kappa shape index (κ1) is 24.5. The monoisotopic (exact) mass is 467 g/mol. The Morgan fingerprint density at radius 2 is 1.94 bits per heavy atom. The van der Waals surface area contributed by atoms with Gasteiger partial charge in [-0.2, -0.15) is 18.3 Å². The minimum absolute atomic E-state index is 0.138. The SMILES string of the molecule is Cc1nc(C(F)(F)F)nc(N)c1CCC1CCN(C(=O)C(C)NC(=O)c2cnn(C)c2)CC1. The van der Waals surface area contributed by atoms with Crippen molar-refractivity contribution in [2.45, 2.75) is 51.7 Å². The molecular formula is C21H28F3N7O2. The van der Waals surface area contributed by atoms with Gasteiger partial charge in [0.25, 0.3) is 5.91 Å². The quantitative estimate of drug-likeness (QED) is 0.672. The van der Waals surface area contributed by atoms with Gasteiger partial charge in [0.15, 0.2) is 0 Å². The van der Waals surface area contributed by atoms with Gasteiger partial charge in [0.05, 0.1) is 11.8 Å². The van der Waals surface area contributed by atoms with Gasteiger partial charge in [-0.15, -0.1) is 0 Å². The van der Waals surface area contributed by atoms with E-state index in [0.29, 0.717) is 36.6 Å². The minimum Gasteiger partial charge on any atom is -0.383 e. The molecule has 3 N–H and O–H groups in total. The van der Waals surface area contributed by atoms with Crippen LogP contribution in [0.3, 0.4) is 0 Å². The van der Waals surface area contributed by atoms with Crippen LogP contribution in [0.4, 0.5) is 19.0 Å². The summed E-state index contributed by atoms with van der Waals surface area (Å²) in [5.41, 5.74) is 6.93. The van der Waals surface area contributed by atoms with Gasteiger partial charge < -0.3 is 16.0 Å². The molecule has 0 saturated carbocycles. The molecule has 2 aromatic heterocycles. The second kappa shape index (κ2) is 9.75. The Bertz CT molecular complexity index is 991.